The number of carbonyl (C=O) groups excluding carboxylic acids is 2. The van der Waals surface area contributed by atoms with Gasteiger partial charge in [-0.15, -0.1) is 0 Å². The zero-order valence-electron chi connectivity index (χ0n) is 10.2. The molecule has 96 valence electrons. The summed E-state index contributed by atoms with van der Waals surface area (Å²) in [7, 11) is 0. The highest BCUT2D eigenvalue weighted by atomic mass is 16.5. The lowest BCUT2D eigenvalue weighted by Crippen LogP contribution is -2.08. The van der Waals surface area contributed by atoms with Crippen LogP contribution in [0.2, 0.25) is 0 Å². The van der Waals surface area contributed by atoms with Crippen molar-refractivity contribution in [1.82, 2.24) is 0 Å². The Morgan fingerprint density at radius 2 is 2.06 bits per heavy atom. The van der Waals surface area contributed by atoms with E-state index < -0.39 is 5.97 Å². The number of allylic oxidation sites excluding steroid dienone is 2. The van der Waals surface area contributed by atoms with Crippen molar-refractivity contribution in [2.45, 2.75) is 26.7 Å². The molecule has 0 fully saturated rings. The maximum absolute atomic E-state index is 10.5. The molecule has 0 aromatic heterocycles. The van der Waals surface area contributed by atoms with Crippen LogP contribution in [0.15, 0.2) is 24.0 Å². The fourth-order valence-corrected chi connectivity index (χ4v) is 0.801. The Hall–Kier alpha value is -1.62. The normalized spacial score (nSPS) is 12.3. The van der Waals surface area contributed by atoms with Crippen LogP contribution in [0.4, 0.5) is 0 Å². The van der Waals surface area contributed by atoms with E-state index >= 15 is 0 Å². The van der Waals surface area contributed by atoms with Crippen LogP contribution in [0, 0.1) is 0 Å². The molecule has 1 rings (SSSR count). The molecular weight excluding hydrogens is 224 g/mol. The van der Waals surface area contributed by atoms with E-state index in [0.29, 0.717) is 5.57 Å². The molecule has 0 unspecified atom stereocenters. The van der Waals surface area contributed by atoms with E-state index in [2.05, 4.69) is 11.3 Å². The van der Waals surface area contributed by atoms with Gasteiger partial charge in [0.2, 0.25) is 0 Å². The molecule has 0 aromatic rings. The first-order chi connectivity index (χ1) is 7.97. The minimum atomic E-state index is -0.455. The Morgan fingerprint density at radius 3 is 2.29 bits per heavy atom. The summed E-state index contributed by atoms with van der Waals surface area (Å²) < 4.78 is 9.17. The highest BCUT2D eigenvalue weighted by Crippen LogP contribution is 2.18. The summed E-state index contributed by atoms with van der Waals surface area (Å²) in [4.78, 5) is 20.7. The number of hydrogen-bond acceptors (Lipinski definition) is 5. The van der Waals surface area contributed by atoms with E-state index in [9.17, 15) is 9.59 Å². The molecule has 5 nitrogen and oxygen atoms in total. The molecule has 1 N–H and O–H groups in total. The van der Waals surface area contributed by atoms with Crippen LogP contribution in [0.25, 0.3) is 0 Å². The molecule has 0 saturated heterocycles. The first-order valence-electron chi connectivity index (χ1n) is 5.28. The second-order valence-corrected chi connectivity index (χ2v) is 3.44. The van der Waals surface area contributed by atoms with Crippen molar-refractivity contribution in [3.05, 3.63) is 24.0 Å². The minimum absolute atomic E-state index is 0.0473. The average Bonchev–Trinajstić information content (AvgIpc) is 2.20. The van der Waals surface area contributed by atoms with Gasteiger partial charge in [0, 0.05) is 18.9 Å². The van der Waals surface area contributed by atoms with Crippen LogP contribution < -0.4 is 0 Å². The van der Waals surface area contributed by atoms with Gasteiger partial charge in [0.25, 0.3) is 0 Å². The van der Waals surface area contributed by atoms with Crippen molar-refractivity contribution in [3.63, 3.8) is 0 Å². The summed E-state index contributed by atoms with van der Waals surface area (Å²) in [6, 6.07) is 0. The number of rotatable bonds is 4. The molecule has 0 saturated carbocycles. The molecule has 17 heavy (non-hydrogen) atoms. The maximum Gasteiger partial charge on any atom is 0.333 e. The van der Waals surface area contributed by atoms with Gasteiger partial charge in [-0.2, -0.15) is 0 Å². The van der Waals surface area contributed by atoms with E-state index in [0.717, 1.165) is 18.6 Å². The van der Waals surface area contributed by atoms with Gasteiger partial charge in [-0.25, -0.2) is 4.79 Å². The molecule has 0 aromatic carbocycles. The van der Waals surface area contributed by atoms with Crippen LogP contribution in [0.1, 0.15) is 26.7 Å². The molecule has 0 heterocycles. The molecule has 0 radical (unpaired) electrons. The molecule has 5 heteroatoms. The molecule has 0 aliphatic heterocycles. The van der Waals surface area contributed by atoms with E-state index in [1.165, 1.54) is 6.92 Å². The molecular formula is C12H18O5. The standard InChI is InChI=1S/C6H10O3.C6H8O2/c1-5(2)6(8)9-4-3-7;1-5(7)8-6-3-2-4-6/h7H,1,3-4H2,2H3;3H,2,4H2,1H3. The molecule has 1 aliphatic carbocycles. The number of ether oxygens (including phenoxy) is 2. The predicted octanol–water partition coefficient (Wildman–Crippen LogP) is 1.33. The Morgan fingerprint density at radius 1 is 1.47 bits per heavy atom. The lowest BCUT2D eigenvalue weighted by molar-refractivity contribution is -0.140. The minimum Gasteiger partial charge on any atom is -0.460 e. The molecule has 1 aliphatic rings. The third-order valence-electron chi connectivity index (χ3n) is 1.71. The van der Waals surface area contributed by atoms with Gasteiger partial charge in [0.05, 0.1) is 6.61 Å². The van der Waals surface area contributed by atoms with E-state index in [1.807, 2.05) is 6.08 Å². The summed E-state index contributed by atoms with van der Waals surface area (Å²) in [5.74, 6) is 0.164. The Balaban J connectivity index is 0.000000302. The van der Waals surface area contributed by atoms with Gasteiger partial charge in [-0.05, 0) is 19.4 Å². The quantitative estimate of drug-likeness (QED) is 0.594. The first kappa shape index (κ1) is 15.4. The van der Waals surface area contributed by atoms with Crippen molar-refractivity contribution in [1.29, 1.82) is 0 Å². The monoisotopic (exact) mass is 242 g/mol. The van der Waals surface area contributed by atoms with Gasteiger partial charge in [-0.1, -0.05) is 6.58 Å². The fraction of sp³-hybridized carbons (Fsp3) is 0.500. The van der Waals surface area contributed by atoms with Crippen molar-refractivity contribution in [2.75, 3.05) is 13.2 Å². The summed E-state index contributed by atoms with van der Waals surface area (Å²) in [5, 5.41) is 8.19. The third-order valence-corrected chi connectivity index (χ3v) is 1.71. The van der Waals surface area contributed by atoms with Crippen molar-refractivity contribution < 1.29 is 24.2 Å². The van der Waals surface area contributed by atoms with Crippen molar-refractivity contribution in [3.8, 4) is 0 Å². The molecule has 0 atom stereocenters. The Bertz CT molecular complexity index is 317. The predicted molar refractivity (Wildman–Crippen MR) is 61.9 cm³/mol. The first-order valence-corrected chi connectivity index (χ1v) is 5.28. The molecule has 0 bridgehead atoms. The summed E-state index contributed by atoms with van der Waals surface area (Å²) >= 11 is 0. The number of aliphatic hydroxyl groups excluding tert-OH is 1. The average molecular weight is 242 g/mol. The third kappa shape index (κ3) is 8.21. The molecule has 0 spiro atoms. The maximum atomic E-state index is 10.5. The zero-order chi connectivity index (χ0) is 13.3. The summed E-state index contributed by atoms with van der Waals surface area (Å²) in [5.41, 5.74) is 0.350. The second-order valence-electron chi connectivity index (χ2n) is 3.44. The van der Waals surface area contributed by atoms with E-state index in [1.54, 1.807) is 6.92 Å². The van der Waals surface area contributed by atoms with Crippen LogP contribution in [0.5, 0.6) is 0 Å². The van der Waals surface area contributed by atoms with Gasteiger partial charge >= 0.3 is 11.9 Å². The molecule has 0 amide bonds. The summed E-state index contributed by atoms with van der Waals surface area (Å²) in [6.07, 6.45) is 3.91. The van der Waals surface area contributed by atoms with Gasteiger partial charge in [0.15, 0.2) is 0 Å². The highest BCUT2D eigenvalue weighted by molar-refractivity contribution is 5.86. The topological polar surface area (TPSA) is 72.8 Å². The lowest BCUT2D eigenvalue weighted by Gasteiger charge is -2.11. The van der Waals surface area contributed by atoms with Crippen LogP contribution in [0.3, 0.4) is 0 Å². The Labute approximate surface area is 101 Å². The van der Waals surface area contributed by atoms with Crippen LogP contribution in [-0.2, 0) is 19.1 Å². The van der Waals surface area contributed by atoms with Crippen LogP contribution >= 0.6 is 0 Å². The lowest BCUT2D eigenvalue weighted by atomic mass is 10.1. The van der Waals surface area contributed by atoms with Gasteiger partial charge in [0.1, 0.15) is 12.4 Å². The summed E-state index contributed by atoms with van der Waals surface area (Å²) in [6.45, 7) is 6.23. The van der Waals surface area contributed by atoms with Crippen LogP contribution in [-0.4, -0.2) is 30.3 Å². The Kier molecular flexibility index (Phi) is 7.71. The van der Waals surface area contributed by atoms with E-state index in [-0.39, 0.29) is 19.2 Å². The van der Waals surface area contributed by atoms with Crippen molar-refractivity contribution in [2.24, 2.45) is 0 Å². The van der Waals surface area contributed by atoms with Crippen molar-refractivity contribution >= 4 is 11.9 Å². The number of hydrogen-bond donors (Lipinski definition) is 1. The second kappa shape index (κ2) is 8.52. The number of esters is 2. The highest BCUT2D eigenvalue weighted by Gasteiger charge is 2.07. The SMILES string of the molecule is C=C(C)C(=O)OCCO.CC(=O)OC1=CCC1. The van der Waals surface area contributed by atoms with Gasteiger partial charge < -0.3 is 14.6 Å². The number of carbonyl (C=O) groups is 2. The largest absolute Gasteiger partial charge is 0.460 e. The smallest absolute Gasteiger partial charge is 0.333 e. The zero-order valence-corrected chi connectivity index (χ0v) is 10.2. The fourth-order valence-electron chi connectivity index (χ4n) is 0.801. The van der Waals surface area contributed by atoms with Gasteiger partial charge in [-0.3, -0.25) is 4.79 Å². The number of aliphatic hydroxyl groups is 1. The van der Waals surface area contributed by atoms with E-state index in [4.69, 9.17) is 9.84 Å².